The molecule has 0 spiro atoms. The summed E-state index contributed by atoms with van der Waals surface area (Å²) in [6.07, 6.45) is 0. The van der Waals surface area contributed by atoms with Crippen LogP contribution in [0.3, 0.4) is 0 Å². The van der Waals surface area contributed by atoms with Gasteiger partial charge in [0.05, 0.1) is 0 Å². The molecule has 0 aliphatic rings. The molecular formula is C14H13ClN2O. The number of nitrogens with two attached hydrogens (primary N) is 1. The molecule has 4 heteroatoms. The Kier molecular flexibility index (Phi) is 3.53. The Bertz CT molecular complexity index is 579. The number of ether oxygens (including phenoxy) is 1. The van der Waals surface area contributed by atoms with Crippen LogP contribution < -0.4 is 10.5 Å². The SMILES string of the molecule is Cc1cc(C(=N)N)ccc1Oc1ccc(Cl)cc1. The van der Waals surface area contributed by atoms with E-state index in [1.807, 2.05) is 13.0 Å². The van der Waals surface area contributed by atoms with Gasteiger partial charge >= 0.3 is 0 Å². The molecule has 2 aromatic rings. The molecule has 0 saturated carbocycles. The van der Waals surface area contributed by atoms with Crippen LogP contribution >= 0.6 is 11.6 Å². The van der Waals surface area contributed by atoms with Crippen molar-refractivity contribution in [3.8, 4) is 11.5 Å². The van der Waals surface area contributed by atoms with Gasteiger partial charge in [-0.3, -0.25) is 5.41 Å². The summed E-state index contributed by atoms with van der Waals surface area (Å²) in [6.45, 7) is 1.91. The Labute approximate surface area is 111 Å². The van der Waals surface area contributed by atoms with Crippen molar-refractivity contribution in [1.82, 2.24) is 0 Å². The number of hydrogen-bond acceptors (Lipinski definition) is 2. The fraction of sp³-hybridized carbons (Fsp3) is 0.0714. The number of aryl methyl sites for hydroxylation is 1. The third kappa shape index (κ3) is 2.81. The van der Waals surface area contributed by atoms with Crippen molar-refractivity contribution in [3.63, 3.8) is 0 Å². The van der Waals surface area contributed by atoms with E-state index in [0.29, 0.717) is 10.6 Å². The largest absolute Gasteiger partial charge is 0.457 e. The summed E-state index contributed by atoms with van der Waals surface area (Å²) in [7, 11) is 0. The number of nitrogen functional groups attached to an aromatic ring is 1. The molecule has 0 amide bonds. The van der Waals surface area contributed by atoms with E-state index < -0.39 is 0 Å². The third-order valence-electron chi connectivity index (χ3n) is 2.53. The van der Waals surface area contributed by atoms with E-state index in [2.05, 4.69) is 0 Å². The monoisotopic (exact) mass is 260 g/mol. The minimum Gasteiger partial charge on any atom is -0.457 e. The van der Waals surface area contributed by atoms with Gasteiger partial charge in [0.15, 0.2) is 0 Å². The van der Waals surface area contributed by atoms with E-state index in [0.717, 1.165) is 17.1 Å². The maximum absolute atomic E-state index is 7.37. The first-order valence-electron chi connectivity index (χ1n) is 5.45. The molecule has 0 saturated heterocycles. The lowest BCUT2D eigenvalue weighted by Crippen LogP contribution is -2.11. The zero-order valence-corrected chi connectivity index (χ0v) is 10.7. The summed E-state index contributed by atoms with van der Waals surface area (Å²) >= 11 is 5.81. The Morgan fingerprint density at radius 3 is 2.39 bits per heavy atom. The van der Waals surface area contributed by atoms with Crippen LogP contribution in [0.2, 0.25) is 5.02 Å². The normalized spacial score (nSPS) is 10.1. The summed E-state index contributed by atoms with van der Waals surface area (Å²) < 4.78 is 5.73. The number of rotatable bonds is 3. The predicted molar refractivity (Wildman–Crippen MR) is 73.7 cm³/mol. The predicted octanol–water partition coefficient (Wildman–Crippen LogP) is 3.72. The van der Waals surface area contributed by atoms with Crippen molar-refractivity contribution in [2.24, 2.45) is 5.73 Å². The lowest BCUT2D eigenvalue weighted by atomic mass is 10.1. The Morgan fingerprint density at radius 1 is 1.17 bits per heavy atom. The van der Waals surface area contributed by atoms with Crippen molar-refractivity contribution < 1.29 is 4.74 Å². The number of amidine groups is 1. The summed E-state index contributed by atoms with van der Waals surface area (Å²) in [5.74, 6) is 1.51. The van der Waals surface area contributed by atoms with Crippen LogP contribution in [0, 0.1) is 12.3 Å². The number of benzene rings is 2. The highest BCUT2D eigenvalue weighted by Gasteiger charge is 2.04. The maximum atomic E-state index is 7.37. The van der Waals surface area contributed by atoms with Gasteiger partial charge in [0.25, 0.3) is 0 Å². The molecule has 18 heavy (non-hydrogen) atoms. The van der Waals surface area contributed by atoms with Gasteiger partial charge in [0.1, 0.15) is 17.3 Å². The lowest BCUT2D eigenvalue weighted by Gasteiger charge is -2.10. The summed E-state index contributed by atoms with van der Waals surface area (Å²) in [6, 6.07) is 12.6. The highest BCUT2D eigenvalue weighted by Crippen LogP contribution is 2.26. The minimum atomic E-state index is 0.0520. The van der Waals surface area contributed by atoms with Crippen LogP contribution in [0.1, 0.15) is 11.1 Å². The molecule has 0 radical (unpaired) electrons. The average molecular weight is 261 g/mol. The number of nitrogens with one attached hydrogen (secondary N) is 1. The quantitative estimate of drug-likeness (QED) is 0.653. The van der Waals surface area contributed by atoms with Crippen LogP contribution in [0.4, 0.5) is 0 Å². The fourth-order valence-electron chi connectivity index (χ4n) is 1.56. The van der Waals surface area contributed by atoms with E-state index in [9.17, 15) is 0 Å². The molecule has 3 nitrogen and oxygen atoms in total. The van der Waals surface area contributed by atoms with Gasteiger partial charge in [-0.25, -0.2) is 0 Å². The highest BCUT2D eigenvalue weighted by atomic mass is 35.5. The molecule has 0 aliphatic heterocycles. The summed E-state index contributed by atoms with van der Waals surface area (Å²) in [5.41, 5.74) is 7.05. The Balaban J connectivity index is 2.24. The average Bonchev–Trinajstić information content (AvgIpc) is 2.34. The molecule has 0 heterocycles. The second-order valence-electron chi connectivity index (χ2n) is 3.95. The molecule has 0 aliphatic carbocycles. The lowest BCUT2D eigenvalue weighted by molar-refractivity contribution is 0.479. The van der Waals surface area contributed by atoms with E-state index in [-0.39, 0.29) is 5.84 Å². The van der Waals surface area contributed by atoms with Gasteiger partial charge in [-0.1, -0.05) is 11.6 Å². The first-order chi connectivity index (χ1) is 8.56. The number of hydrogen-bond donors (Lipinski definition) is 2. The van der Waals surface area contributed by atoms with Crippen LogP contribution in [0.25, 0.3) is 0 Å². The topological polar surface area (TPSA) is 59.1 Å². The molecule has 0 atom stereocenters. The molecule has 2 aromatic carbocycles. The Hall–Kier alpha value is -2.00. The Morgan fingerprint density at radius 2 is 1.83 bits per heavy atom. The second kappa shape index (κ2) is 5.10. The van der Waals surface area contributed by atoms with Gasteiger partial charge in [-0.15, -0.1) is 0 Å². The molecule has 0 bridgehead atoms. The van der Waals surface area contributed by atoms with Gasteiger partial charge in [0.2, 0.25) is 0 Å². The number of halogens is 1. The zero-order valence-electron chi connectivity index (χ0n) is 9.91. The molecular weight excluding hydrogens is 248 g/mol. The molecule has 0 aromatic heterocycles. The summed E-state index contributed by atoms with van der Waals surface area (Å²) in [4.78, 5) is 0. The minimum absolute atomic E-state index is 0.0520. The third-order valence-corrected chi connectivity index (χ3v) is 2.78. The van der Waals surface area contributed by atoms with E-state index >= 15 is 0 Å². The van der Waals surface area contributed by atoms with E-state index in [1.54, 1.807) is 36.4 Å². The van der Waals surface area contributed by atoms with Crippen molar-refractivity contribution in [2.75, 3.05) is 0 Å². The smallest absolute Gasteiger partial charge is 0.130 e. The van der Waals surface area contributed by atoms with Crippen molar-refractivity contribution in [2.45, 2.75) is 6.92 Å². The van der Waals surface area contributed by atoms with Crippen LogP contribution in [0.15, 0.2) is 42.5 Å². The van der Waals surface area contributed by atoms with E-state index in [1.165, 1.54) is 0 Å². The van der Waals surface area contributed by atoms with Gasteiger partial charge in [-0.05, 0) is 55.0 Å². The first kappa shape index (κ1) is 12.5. The molecule has 2 rings (SSSR count). The van der Waals surface area contributed by atoms with Crippen molar-refractivity contribution >= 4 is 17.4 Å². The van der Waals surface area contributed by atoms with Crippen molar-refractivity contribution in [1.29, 1.82) is 5.41 Å². The fourth-order valence-corrected chi connectivity index (χ4v) is 1.69. The second-order valence-corrected chi connectivity index (χ2v) is 4.39. The zero-order chi connectivity index (χ0) is 13.1. The highest BCUT2D eigenvalue weighted by molar-refractivity contribution is 6.30. The molecule has 0 fully saturated rings. The van der Waals surface area contributed by atoms with Gasteiger partial charge in [-0.2, -0.15) is 0 Å². The van der Waals surface area contributed by atoms with Gasteiger partial charge in [0, 0.05) is 10.6 Å². The van der Waals surface area contributed by atoms with Gasteiger partial charge < -0.3 is 10.5 Å². The maximum Gasteiger partial charge on any atom is 0.130 e. The van der Waals surface area contributed by atoms with Crippen LogP contribution in [-0.4, -0.2) is 5.84 Å². The standard InChI is InChI=1S/C14H13ClN2O/c1-9-8-10(14(16)17)2-7-13(9)18-12-5-3-11(15)4-6-12/h2-8H,1H3,(H3,16,17). The van der Waals surface area contributed by atoms with Crippen LogP contribution in [0.5, 0.6) is 11.5 Å². The molecule has 0 unspecified atom stereocenters. The summed E-state index contributed by atoms with van der Waals surface area (Å²) in [5, 5.41) is 8.04. The van der Waals surface area contributed by atoms with Crippen LogP contribution in [-0.2, 0) is 0 Å². The molecule has 3 N–H and O–H groups in total. The van der Waals surface area contributed by atoms with Crippen molar-refractivity contribution in [3.05, 3.63) is 58.6 Å². The first-order valence-corrected chi connectivity index (χ1v) is 5.82. The molecule has 92 valence electrons. The van der Waals surface area contributed by atoms with E-state index in [4.69, 9.17) is 27.5 Å².